The molecule has 7 heteroatoms. The summed E-state index contributed by atoms with van der Waals surface area (Å²) in [5, 5.41) is 0.862. The maximum absolute atomic E-state index is 13.1. The smallest absolute Gasteiger partial charge is 0.333 e. The van der Waals surface area contributed by atoms with Crippen LogP contribution >= 0.6 is 11.3 Å². The lowest BCUT2D eigenvalue weighted by molar-refractivity contribution is -0.138. The third-order valence-electron chi connectivity index (χ3n) is 3.70. The van der Waals surface area contributed by atoms with Crippen LogP contribution in [0.5, 0.6) is 0 Å². The fraction of sp³-hybridized carbons (Fsp3) is 0.375. The van der Waals surface area contributed by atoms with Gasteiger partial charge in [0.25, 0.3) is 5.91 Å². The molecule has 124 valence electrons. The monoisotopic (exact) mass is 342 g/mol. The number of nitrogens with zero attached hydrogens (tertiary/aromatic N) is 2. The zero-order valence-corrected chi connectivity index (χ0v) is 14.0. The van der Waals surface area contributed by atoms with Gasteiger partial charge in [0.05, 0.1) is 27.9 Å². The largest absolute Gasteiger partial charge is 0.417 e. The molecule has 0 aliphatic rings. The van der Waals surface area contributed by atoms with Gasteiger partial charge in [-0.25, -0.2) is 4.98 Å². The maximum atomic E-state index is 13.1. The van der Waals surface area contributed by atoms with Gasteiger partial charge in [-0.05, 0) is 32.9 Å². The van der Waals surface area contributed by atoms with Crippen molar-refractivity contribution in [1.82, 2.24) is 9.88 Å². The van der Waals surface area contributed by atoms with Gasteiger partial charge >= 0.3 is 6.18 Å². The predicted molar refractivity (Wildman–Crippen MR) is 83.5 cm³/mol. The van der Waals surface area contributed by atoms with Crippen molar-refractivity contribution in [2.75, 3.05) is 7.05 Å². The van der Waals surface area contributed by atoms with Gasteiger partial charge in [0.1, 0.15) is 0 Å². The Morgan fingerprint density at radius 3 is 2.39 bits per heavy atom. The second-order valence-corrected chi connectivity index (χ2v) is 6.72. The lowest BCUT2D eigenvalue weighted by Crippen LogP contribution is -2.31. The van der Waals surface area contributed by atoms with Gasteiger partial charge in [-0.15, -0.1) is 11.3 Å². The van der Waals surface area contributed by atoms with E-state index in [0.717, 1.165) is 16.0 Å². The number of halogens is 3. The van der Waals surface area contributed by atoms with Crippen LogP contribution in [0.3, 0.4) is 0 Å². The van der Waals surface area contributed by atoms with E-state index >= 15 is 0 Å². The van der Waals surface area contributed by atoms with E-state index in [9.17, 15) is 18.0 Å². The molecule has 2 rings (SSSR count). The molecule has 23 heavy (non-hydrogen) atoms. The van der Waals surface area contributed by atoms with E-state index in [1.165, 1.54) is 41.5 Å². The average molecular weight is 342 g/mol. The number of amides is 1. The number of hydrogen-bond acceptors (Lipinski definition) is 3. The van der Waals surface area contributed by atoms with Crippen LogP contribution in [0.4, 0.5) is 13.2 Å². The van der Waals surface area contributed by atoms with E-state index in [4.69, 9.17) is 0 Å². The first-order valence-electron chi connectivity index (χ1n) is 7.00. The summed E-state index contributed by atoms with van der Waals surface area (Å²) < 4.78 is 39.2. The van der Waals surface area contributed by atoms with Gasteiger partial charge in [-0.3, -0.25) is 4.79 Å². The molecule has 2 aromatic rings. The van der Waals surface area contributed by atoms with Crippen molar-refractivity contribution in [3.05, 3.63) is 51.0 Å². The summed E-state index contributed by atoms with van der Waals surface area (Å²) in [5.41, 5.74) is -0.554. The Bertz CT molecular complexity index is 724. The molecule has 3 nitrogen and oxygen atoms in total. The third-order valence-corrected chi connectivity index (χ3v) is 4.60. The van der Waals surface area contributed by atoms with E-state index in [2.05, 4.69) is 4.98 Å². The van der Waals surface area contributed by atoms with Crippen LogP contribution in [0.15, 0.2) is 24.3 Å². The lowest BCUT2D eigenvalue weighted by atomic mass is 10.0. The van der Waals surface area contributed by atoms with E-state index in [-0.39, 0.29) is 5.56 Å². The first-order chi connectivity index (χ1) is 10.6. The molecule has 0 saturated carbocycles. The van der Waals surface area contributed by atoms with Crippen molar-refractivity contribution in [3.8, 4) is 0 Å². The molecule has 0 N–H and O–H groups in total. The molecule has 0 bridgehead atoms. The molecule has 0 radical (unpaired) electrons. The number of carbonyl (C=O) groups is 1. The molecule has 0 aliphatic heterocycles. The number of rotatable bonds is 3. The highest BCUT2D eigenvalue weighted by Crippen LogP contribution is 2.33. The maximum Gasteiger partial charge on any atom is 0.417 e. The molecular formula is C16H17F3N2OS. The Kier molecular flexibility index (Phi) is 4.79. The first kappa shape index (κ1) is 17.5. The van der Waals surface area contributed by atoms with Gasteiger partial charge in [-0.1, -0.05) is 12.1 Å². The zero-order chi connectivity index (χ0) is 17.4. The molecule has 0 saturated heterocycles. The van der Waals surface area contributed by atoms with Crippen LogP contribution in [0.2, 0.25) is 0 Å². The summed E-state index contributed by atoms with van der Waals surface area (Å²) in [7, 11) is 1.49. The van der Waals surface area contributed by atoms with Crippen LogP contribution in [0.1, 0.15) is 44.5 Å². The highest BCUT2D eigenvalue weighted by atomic mass is 32.1. The van der Waals surface area contributed by atoms with Crippen LogP contribution in [-0.2, 0) is 6.18 Å². The van der Waals surface area contributed by atoms with E-state index < -0.39 is 23.7 Å². The van der Waals surface area contributed by atoms with Gasteiger partial charge in [-0.2, -0.15) is 13.2 Å². The summed E-state index contributed by atoms with van der Waals surface area (Å²) in [6, 6.07) is 4.42. The zero-order valence-electron chi connectivity index (χ0n) is 13.2. The summed E-state index contributed by atoms with van der Waals surface area (Å²) in [6.07, 6.45) is -4.57. The van der Waals surface area contributed by atoms with Crippen LogP contribution in [0, 0.1) is 13.8 Å². The van der Waals surface area contributed by atoms with E-state index in [1.807, 2.05) is 13.8 Å². The highest BCUT2D eigenvalue weighted by Gasteiger charge is 2.36. The summed E-state index contributed by atoms with van der Waals surface area (Å²) in [4.78, 5) is 19.2. The minimum atomic E-state index is -4.57. The van der Waals surface area contributed by atoms with E-state index in [0.29, 0.717) is 5.69 Å². The Morgan fingerprint density at radius 1 is 1.26 bits per heavy atom. The average Bonchev–Trinajstić information content (AvgIpc) is 2.82. The standard InChI is InChI=1S/C16H17F3N2OS/c1-9(14-10(2)23-11(3)20-14)21(4)15(22)12-7-5-6-8-13(12)16(17,18)19/h5-9H,1-4H3. The van der Waals surface area contributed by atoms with Crippen molar-refractivity contribution < 1.29 is 18.0 Å². The quantitative estimate of drug-likeness (QED) is 0.816. The second kappa shape index (κ2) is 6.31. The second-order valence-electron chi connectivity index (χ2n) is 5.31. The Morgan fingerprint density at radius 2 is 1.87 bits per heavy atom. The Labute approximate surface area is 136 Å². The molecule has 0 aliphatic carbocycles. The lowest BCUT2D eigenvalue weighted by Gasteiger charge is -2.25. The number of aryl methyl sites for hydroxylation is 2. The molecular weight excluding hydrogens is 325 g/mol. The Hall–Kier alpha value is -1.89. The number of benzene rings is 1. The normalized spacial score (nSPS) is 13.0. The molecule has 0 fully saturated rings. The molecule has 1 aromatic carbocycles. The fourth-order valence-electron chi connectivity index (χ4n) is 2.40. The molecule has 0 spiro atoms. The molecule has 1 atom stereocenters. The minimum absolute atomic E-state index is 0.348. The number of carbonyl (C=O) groups excluding carboxylic acids is 1. The molecule has 1 amide bonds. The molecule has 1 aromatic heterocycles. The topological polar surface area (TPSA) is 33.2 Å². The summed E-state index contributed by atoms with van der Waals surface area (Å²) in [5.74, 6) is -0.671. The van der Waals surface area contributed by atoms with Crippen molar-refractivity contribution in [2.45, 2.75) is 33.0 Å². The van der Waals surface area contributed by atoms with E-state index in [1.54, 1.807) is 6.92 Å². The highest BCUT2D eigenvalue weighted by molar-refractivity contribution is 7.11. The SMILES string of the molecule is Cc1nc(C(C)N(C)C(=O)c2ccccc2C(F)(F)F)c(C)s1. The third kappa shape index (κ3) is 3.55. The van der Waals surface area contributed by atoms with Crippen LogP contribution < -0.4 is 0 Å². The number of aromatic nitrogens is 1. The van der Waals surface area contributed by atoms with Gasteiger partial charge in [0.2, 0.25) is 0 Å². The molecule has 1 heterocycles. The van der Waals surface area contributed by atoms with Crippen molar-refractivity contribution in [1.29, 1.82) is 0 Å². The van der Waals surface area contributed by atoms with Crippen LogP contribution in [0.25, 0.3) is 0 Å². The number of hydrogen-bond donors (Lipinski definition) is 0. The molecule has 1 unspecified atom stereocenters. The Balaban J connectivity index is 2.36. The number of alkyl halides is 3. The summed E-state index contributed by atoms with van der Waals surface area (Å²) >= 11 is 1.50. The predicted octanol–water partition coefficient (Wildman–Crippen LogP) is 4.61. The minimum Gasteiger partial charge on any atom is -0.333 e. The van der Waals surface area contributed by atoms with Gasteiger partial charge < -0.3 is 4.90 Å². The summed E-state index contributed by atoms with van der Waals surface area (Å²) in [6.45, 7) is 5.50. The number of thiazole rings is 1. The van der Waals surface area contributed by atoms with Gasteiger partial charge in [0.15, 0.2) is 0 Å². The van der Waals surface area contributed by atoms with Crippen molar-refractivity contribution >= 4 is 17.2 Å². The van der Waals surface area contributed by atoms with Gasteiger partial charge in [0, 0.05) is 11.9 Å². The van der Waals surface area contributed by atoms with Crippen LogP contribution in [-0.4, -0.2) is 22.8 Å². The first-order valence-corrected chi connectivity index (χ1v) is 7.82. The fourth-order valence-corrected chi connectivity index (χ4v) is 3.31. The van der Waals surface area contributed by atoms with Crippen molar-refractivity contribution in [3.63, 3.8) is 0 Å². The van der Waals surface area contributed by atoms with Crippen molar-refractivity contribution in [2.24, 2.45) is 0 Å².